The molecule has 0 spiro atoms. The molecule has 150 valence electrons. The van der Waals surface area contributed by atoms with Gasteiger partial charge in [0.05, 0.1) is 12.1 Å². The van der Waals surface area contributed by atoms with Gasteiger partial charge in [-0.3, -0.25) is 4.79 Å². The lowest BCUT2D eigenvalue weighted by Gasteiger charge is -2.32. The van der Waals surface area contributed by atoms with Crippen molar-refractivity contribution >= 4 is 23.8 Å². The summed E-state index contributed by atoms with van der Waals surface area (Å²) in [6.07, 6.45) is 6.18. The largest absolute Gasteiger partial charge is 0.435 e. The second-order valence-corrected chi connectivity index (χ2v) is 8.47. The molecule has 0 aromatic heterocycles. The number of thioether (sulfide) groups is 1. The number of hydrogen-bond donors (Lipinski definition) is 4. The number of aliphatic hydroxyl groups is 2. The van der Waals surface area contributed by atoms with Gasteiger partial charge >= 0.3 is 6.09 Å². The van der Waals surface area contributed by atoms with Crippen LogP contribution < -0.4 is 11.1 Å². The molecule has 2 saturated carbocycles. The van der Waals surface area contributed by atoms with Crippen LogP contribution in [0.25, 0.3) is 0 Å². The molecule has 0 aromatic rings. The average Bonchev–Trinajstić information content (AvgIpc) is 3.45. The predicted molar refractivity (Wildman–Crippen MR) is 101 cm³/mol. The second kappa shape index (κ2) is 10.4. The van der Waals surface area contributed by atoms with Crippen LogP contribution in [0.5, 0.6) is 0 Å². The van der Waals surface area contributed by atoms with Crippen LogP contribution in [0.15, 0.2) is 0 Å². The van der Waals surface area contributed by atoms with Crippen LogP contribution in [0.4, 0.5) is 4.79 Å². The summed E-state index contributed by atoms with van der Waals surface area (Å²) in [5.41, 5.74) is 5.26. The van der Waals surface area contributed by atoms with Crippen molar-refractivity contribution < 1.29 is 24.5 Å². The van der Waals surface area contributed by atoms with Crippen LogP contribution in [0, 0.1) is 11.8 Å². The van der Waals surface area contributed by atoms with Gasteiger partial charge < -0.3 is 26.0 Å². The van der Waals surface area contributed by atoms with Crippen LogP contribution in [-0.2, 0) is 9.53 Å². The molecule has 1 unspecified atom stereocenters. The number of alkyl carbamates (subject to hydrolysis) is 1. The second-order valence-electron chi connectivity index (χ2n) is 7.56. The number of carbonyl (C=O) groups excluding carboxylic acids is 2. The Balaban J connectivity index is 1.96. The Morgan fingerprint density at radius 1 is 1.19 bits per heavy atom. The lowest BCUT2D eigenvalue weighted by atomic mass is 9.82. The van der Waals surface area contributed by atoms with Crippen LogP contribution in [0.1, 0.15) is 51.4 Å². The molecule has 2 aliphatic rings. The highest BCUT2D eigenvalue weighted by atomic mass is 32.2. The van der Waals surface area contributed by atoms with E-state index < -0.39 is 36.4 Å². The molecule has 2 aliphatic carbocycles. The highest BCUT2D eigenvalue weighted by Crippen LogP contribution is 2.36. The number of primary amides is 1. The van der Waals surface area contributed by atoms with Gasteiger partial charge in [0.2, 0.25) is 0 Å². The monoisotopic (exact) mass is 388 g/mol. The van der Waals surface area contributed by atoms with Gasteiger partial charge in [-0.15, -0.1) is 0 Å². The smallest absolute Gasteiger partial charge is 0.408 e. The zero-order valence-corrected chi connectivity index (χ0v) is 16.2. The Labute approximate surface area is 159 Å². The van der Waals surface area contributed by atoms with Crippen molar-refractivity contribution in [3.05, 3.63) is 0 Å². The summed E-state index contributed by atoms with van der Waals surface area (Å²) in [6, 6.07) is -0.594. The summed E-state index contributed by atoms with van der Waals surface area (Å²) < 4.78 is 5.14. The van der Waals surface area contributed by atoms with Crippen molar-refractivity contribution in [2.24, 2.45) is 17.6 Å². The van der Waals surface area contributed by atoms with Crippen molar-refractivity contribution in [1.29, 1.82) is 0 Å². The van der Waals surface area contributed by atoms with Crippen molar-refractivity contribution in [3.63, 3.8) is 0 Å². The van der Waals surface area contributed by atoms with Crippen LogP contribution >= 0.6 is 11.8 Å². The molecule has 8 heteroatoms. The first-order chi connectivity index (χ1) is 12.4. The minimum absolute atomic E-state index is 0.103. The Hall–Kier alpha value is -0.990. The van der Waals surface area contributed by atoms with Gasteiger partial charge in [0.1, 0.15) is 6.10 Å². The van der Waals surface area contributed by atoms with E-state index in [0.29, 0.717) is 12.3 Å². The number of ether oxygens (including phenoxy) is 1. The number of aliphatic hydroxyl groups excluding tert-OH is 2. The van der Waals surface area contributed by atoms with Gasteiger partial charge in [0, 0.05) is 5.75 Å². The first kappa shape index (κ1) is 21.3. The van der Waals surface area contributed by atoms with Crippen LogP contribution in [0.2, 0.25) is 0 Å². The van der Waals surface area contributed by atoms with E-state index in [-0.39, 0.29) is 11.7 Å². The summed E-state index contributed by atoms with van der Waals surface area (Å²) in [7, 11) is 0. The van der Waals surface area contributed by atoms with E-state index >= 15 is 0 Å². The SMILES string of the molecule is CSCC(OC(=O)N[C@@H](CC1CCCCC1)[C@@H](O)[C@@H](O)C1CC1)C(N)=O. The highest BCUT2D eigenvalue weighted by Gasteiger charge is 2.39. The van der Waals surface area contributed by atoms with Crippen molar-refractivity contribution in [2.75, 3.05) is 12.0 Å². The topological polar surface area (TPSA) is 122 Å². The Kier molecular flexibility index (Phi) is 8.50. The van der Waals surface area contributed by atoms with Crippen LogP contribution in [-0.4, -0.2) is 58.6 Å². The van der Waals surface area contributed by atoms with Gasteiger partial charge in [-0.1, -0.05) is 32.1 Å². The molecule has 0 radical (unpaired) electrons. The number of carbonyl (C=O) groups is 2. The molecule has 0 heterocycles. The van der Waals surface area contributed by atoms with Crippen molar-refractivity contribution in [1.82, 2.24) is 5.32 Å². The van der Waals surface area contributed by atoms with Gasteiger partial charge in [0.25, 0.3) is 5.91 Å². The maximum Gasteiger partial charge on any atom is 0.408 e. The van der Waals surface area contributed by atoms with Gasteiger partial charge in [-0.2, -0.15) is 11.8 Å². The summed E-state index contributed by atoms with van der Waals surface area (Å²) in [5, 5.41) is 23.6. The molecule has 0 bridgehead atoms. The number of amides is 2. The molecular weight excluding hydrogens is 356 g/mol. The summed E-state index contributed by atoms with van der Waals surface area (Å²) in [4.78, 5) is 23.6. The maximum absolute atomic E-state index is 12.3. The van der Waals surface area contributed by atoms with E-state index in [0.717, 1.165) is 38.5 Å². The highest BCUT2D eigenvalue weighted by molar-refractivity contribution is 7.98. The lowest BCUT2D eigenvalue weighted by molar-refractivity contribution is -0.125. The first-order valence-electron chi connectivity index (χ1n) is 9.54. The number of nitrogens with one attached hydrogen (secondary N) is 1. The first-order valence-corrected chi connectivity index (χ1v) is 10.9. The van der Waals surface area contributed by atoms with E-state index in [4.69, 9.17) is 10.5 Å². The molecule has 0 saturated heterocycles. The third kappa shape index (κ3) is 6.63. The number of hydrogen-bond acceptors (Lipinski definition) is 6. The van der Waals surface area contributed by atoms with Gasteiger partial charge in [0.15, 0.2) is 6.10 Å². The molecule has 0 aromatic carbocycles. The molecule has 5 N–H and O–H groups in total. The molecule has 26 heavy (non-hydrogen) atoms. The molecule has 2 amide bonds. The fraction of sp³-hybridized carbons (Fsp3) is 0.889. The Morgan fingerprint density at radius 2 is 1.85 bits per heavy atom. The summed E-state index contributed by atoms with van der Waals surface area (Å²) >= 11 is 1.36. The molecule has 4 atom stereocenters. The van der Waals surface area contributed by atoms with E-state index in [1.807, 2.05) is 0 Å². The minimum atomic E-state index is -1.04. The fourth-order valence-electron chi connectivity index (χ4n) is 3.66. The van der Waals surface area contributed by atoms with E-state index in [2.05, 4.69) is 5.32 Å². The summed E-state index contributed by atoms with van der Waals surface area (Å²) in [6.45, 7) is 0. The van der Waals surface area contributed by atoms with Crippen molar-refractivity contribution in [3.8, 4) is 0 Å². The molecule has 2 fully saturated rings. The Morgan fingerprint density at radius 3 is 2.38 bits per heavy atom. The van der Waals surface area contributed by atoms with Gasteiger partial charge in [-0.05, 0) is 37.4 Å². The Bertz CT molecular complexity index is 468. The predicted octanol–water partition coefficient (Wildman–Crippen LogP) is 1.40. The third-order valence-corrected chi connectivity index (χ3v) is 6.00. The summed E-state index contributed by atoms with van der Waals surface area (Å²) in [5.74, 6) is 0.0974. The lowest BCUT2D eigenvalue weighted by Crippen LogP contribution is -2.51. The minimum Gasteiger partial charge on any atom is -0.435 e. The number of nitrogens with two attached hydrogens (primary N) is 1. The maximum atomic E-state index is 12.3. The number of rotatable bonds is 10. The zero-order valence-electron chi connectivity index (χ0n) is 15.4. The quantitative estimate of drug-likeness (QED) is 0.449. The van der Waals surface area contributed by atoms with Crippen LogP contribution in [0.3, 0.4) is 0 Å². The van der Waals surface area contributed by atoms with E-state index in [1.54, 1.807) is 6.26 Å². The molecule has 2 rings (SSSR count). The molecule has 7 nitrogen and oxygen atoms in total. The normalized spacial score (nSPS) is 22.9. The molecule has 0 aliphatic heterocycles. The fourth-order valence-corrected chi connectivity index (χ4v) is 4.20. The molecular formula is C18H32N2O5S. The van der Waals surface area contributed by atoms with E-state index in [1.165, 1.54) is 18.2 Å². The standard InChI is InChI=1S/C18H32N2O5S/c1-26-10-14(17(19)23)25-18(24)20-13(9-11-5-3-2-4-6-11)16(22)15(21)12-7-8-12/h11-16,21-22H,2-10H2,1H3,(H2,19,23)(H,20,24)/t13-,14?,15-,16+/m0/s1. The zero-order chi connectivity index (χ0) is 19.1. The third-order valence-electron chi connectivity index (χ3n) is 5.37. The average molecular weight is 389 g/mol. The van der Waals surface area contributed by atoms with E-state index in [9.17, 15) is 19.8 Å². The van der Waals surface area contributed by atoms with Gasteiger partial charge in [-0.25, -0.2) is 4.79 Å². The van der Waals surface area contributed by atoms with Crippen molar-refractivity contribution in [2.45, 2.75) is 75.7 Å².